The molecule has 1 aromatic carbocycles. The fourth-order valence-corrected chi connectivity index (χ4v) is 3.24. The zero-order valence-electron chi connectivity index (χ0n) is 10.4. The summed E-state index contributed by atoms with van der Waals surface area (Å²) in [5, 5.41) is 0. The van der Waals surface area contributed by atoms with Crippen LogP contribution in [0, 0.1) is 6.92 Å². The summed E-state index contributed by atoms with van der Waals surface area (Å²) in [5.41, 5.74) is 3.36. The van der Waals surface area contributed by atoms with Crippen molar-refractivity contribution in [3.63, 3.8) is 0 Å². The van der Waals surface area contributed by atoms with Crippen molar-refractivity contribution >= 4 is 27.3 Å². The van der Waals surface area contributed by atoms with E-state index in [1.165, 1.54) is 15.3 Å². The highest BCUT2D eigenvalue weighted by Gasteiger charge is 2.04. The quantitative estimate of drug-likeness (QED) is 0.600. The van der Waals surface area contributed by atoms with Crippen LogP contribution in [0.3, 0.4) is 0 Å². The monoisotopic (exact) mass is 329 g/mol. The molecule has 0 aliphatic heterocycles. The largest absolute Gasteiger partial charge is 0.256 e. The van der Waals surface area contributed by atoms with Crippen LogP contribution >= 0.6 is 27.3 Å². The molecule has 0 aliphatic carbocycles. The molecule has 3 heteroatoms. The molecule has 1 nitrogen and oxygen atoms in total. The van der Waals surface area contributed by atoms with E-state index in [-0.39, 0.29) is 0 Å². The number of aromatic nitrogens is 1. The average Bonchev–Trinajstić information content (AvgIpc) is 2.86. The molecule has 0 bridgehead atoms. The summed E-state index contributed by atoms with van der Waals surface area (Å²) in [7, 11) is 0. The van der Waals surface area contributed by atoms with Crippen LogP contribution in [0.4, 0.5) is 0 Å². The molecule has 0 unspecified atom stereocenters. The first-order valence-corrected chi connectivity index (χ1v) is 7.62. The SMILES string of the molecule is Cc1ccc(-c2ccnc(-c3cccc(Br)c3)c2)s1. The van der Waals surface area contributed by atoms with E-state index in [0.29, 0.717) is 0 Å². The van der Waals surface area contributed by atoms with Gasteiger partial charge in [-0.05, 0) is 48.9 Å². The van der Waals surface area contributed by atoms with E-state index in [0.717, 1.165) is 15.7 Å². The molecule has 94 valence electrons. The Morgan fingerprint density at radius 3 is 2.63 bits per heavy atom. The summed E-state index contributed by atoms with van der Waals surface area (Å²) in [6.45, 7) is 2.13. The fourth-order valence-electron chi connectivity index (χ4n) is 1.98. The van der Waals surface area contributed by atoms with Gasteiger partial charge in [-0.3, -0.25) is 4.98 Å². The van der Waals surface area contributed by atoms with Crippen LogP contribution in [-0.4, -0.2) is 4.98 Å². The fraction of sp³-hybridized carbons (Fsp3) is 0.0625. The topological polar surface area (TPSA) is 12.9 Å². The zero-order chi connectivity index (χ0) is 13.2. The third-order valence-electron chi connectivity index (χ3n) is 2.91. The van der Waals surface area contributed by atoms with Crippen molar-refractivity contribution in [1.29, 1.82) is 0 Å². The van der Waals surface area contributed by atoms with Crippen LogP contribution in [0.2, 0.25) is 0 Å². The van der Waals surface area contributed by atoms with Crippen LogP contribution in [-0.2, 0) is 0 Å². The number of hydrogen-bond donors (Lipinski definition) is 0. The molecule has 19 heavy (non-hydrogen) atoms. The highest BCUT2D eigenvalue weighted by molar-refractivity contribution is 9.10. The van der Waals surface area contributed by atoms with Crippen molar-refractivity contribution in [2.45, 2.75) is 6.92 Å². The van der Waals surface area contributed by atoms with E-state index in [9.17, 15) is 0 Å². The summed E-state index contributed by atoms with van der Waals surface area (Å²) in [6, 6.07) is 16.8. The molecule has 0 saturated heterocycles. The first kappa shape index (κ1) is 12.6. The lowest BCUT2D eigenvalue weighted by Gasteiger charge is -2.04. The minimum atomic E-state index is 1.00. The standard InChI is InChI=1S/C16H12BrNS/c1-11-5-6-16(19-11)13-7-8-18-15(10-13)12-3-2-4-14(17)9-12/h2-10H,1H3. The smallest absolute Gasteiger partial charge is 0.0708 e. The summed E-state index contributed by atoms with van der Waals surface area (Å²) < 4.78 is 1.07. The first-order chi connectivity index (χ1) is 9.22. The van der Waals surface area contributed by atoms with Gasteiger partial charge in [-0.15, -0.1) is 11.3 Å². The molecule has 0 atom stereocenters. The Labute approximate surface area is 125 Å². The van der Waals surface area contributed by atoms with Gasteiger partial charge in [0.15, 0.2) is 0 Å². The molecule has 3 aromatic rings. The van der Waals surface area contributed by atoms with E-state index in [4.69, 9.17) is 0 Å². The summed E-state index contributed by atoms with van der Waals surface area (Å²) in [4.78, 5) is 7.08. The van der Waals surface area contributed by atoms with Crippen LogP contribution in [0.15, 0.2) is 59.2 Å². The van der Waals surface area contributed by atoms with Crippen molar-refractivity contribution in [1.82, 2.24) is 4.98 Å². The Morgan fingerprint density at radius 1 is 1.00 bits per heavy atom. The number of nitrogens with zero attached hydrogens (tertiary/aromatic N) is 1. The second-order valence-electron chi connectivity index (χ2n) is 4.35. The predicted molar refractivity (Wildman–Crippen MR) is 85.4 cm³/mol. The molecule has 0 spiro atoms. The summed E-state index contributed by atoms with van der Waals surface area (Å²) in [6.07, 6.45) is 1.88. The summed E-state index contributed by atoms with van der Waals surface area (Å²) >= 11 is 5.31. The Balaban J connectivity index is 2.05. The normalized spacial score (nSPS) is 10.6. The first-order valence-electron chi connectivity index (χ1n) is 6.01. The maximum atomic E-state index is 4.47. The van der Waals surface area contributed by atoms with Gasteiger partial charge in [0, 0.05) is 26.0 Å². The van der Waals surface area contributed by atoms with Gasteiger partial charge in [0.05, 0.1) is 5.69 Å². The molecule has 0 amide bonds. The molecule has 2 heterocycles. The van der Waals surface area contributed by atoms with E-state index in [1.54, 1.807) is 0 Å². The number of aryl methyl sites for hydroxylation is 1. The predicted octanol–water partition coefficient (Wildman–Crippen LogP) is 5.55. The van der Waals surface area contributed by atoms with Gasteiger partial charge in [0.2, 0.25) is 0 Å². The second kappa shape index (κ2) is 5.27. The molecule has 0 aliphatic rings. The summed E-state index contributed by atoms with van der Waals surface area (Å²) in [5.74, 6) is 0. The van der Waals surface area contributed by atoms with Gasteiger partial charge in [-0.2, -0.15) is 0 Å². The zero-order valence-corrected chi connectivity index (χ0v) is 12.8. The average molecular weight is 330 g/mol. The number of thiophene rings is 1. The van der Waals surface area contributed by atoms with Gasteiger partial charge >= 0.3 is 0 Å². The maximum absolute atomic E-state index is 4.47. The molecular weight excluding hydrogens is 318 g/mol. The van der Waals surface area contributed by atoms with Gasteiger partial charge in [0.25, 0.3) is 0 Å². The van der Waals surface area contributed by atoms with Crippen molar-refractivity contribution in [3.8, 4) is 21.7 Å². The van der Waals surface area contributed by atoms with Crippen LogP contribution in [0.1, 0.15) is 4.88 Å². The Kier molecular flexibility index (Phi) is 3.49. The van der Waals surface area contributed by atoms with Crippen molar-refractivity contribution in [2.24, 2.45) is 0 Å². The number of hydrogen-bond acceptors (Lipinski definition) is 2. The van der Waals surface area contributed by atoms with E-state index in [1.807, 2.05) is 29.7 Å². The maximum Gasteiger partial charge on any atom is 0.0708 e. The van der Waals surface area contributed by atoms with Crippen molar-refractivity contribution < 1.29 is 0 Å². The molecule has 3 rings (SSSR count). The lowest BCUT2D eigenvalue weighted by molar-refractivity contribution is 1.33. The highest BCUT2D eigenvalue weighted by Crippen LogP contribution is 2.30. The third kappa shape index (κ3) is 2.77. The molecule has 0 N–H and O–H groups in total. The van der Waals surface area contributed by atoms with Crippen molar-refractivity contribution in [3.05, 3.63) is 64.1 Å². The number of pyridine rings is 1. The molecule has 0 saturated carbocycles. The Hall–Kier alpha value is -1.45. The molecule has 2 aromatic heterocycles. The minimum Gasteiger partial charge on any atom is -0.256 e. The van der Waals surface area contributed by atoms with Crippen molar-refractivity contribution in [2.75, 3.05) is 0 Å². The Bertz CT molecular complexity index is 718. The Morgan fingerprint density at radius 2 is 1.89 bits per heavy atom. The van der Waals surface area contributed by atoms with Gasteiger partial charge < -0.3 is 0 Å². The van der Waals surface area contributed by atoms with E-state index < -0.39 is 0 Å². The lowest BCUT2D eigenvalue weighted by atomic mass is 10.1. The molecule has 0 radical (unpaired) electrons. The van der Waals surface area contributed by atoms with Crippen LogP contribution in [0.5, 0.6) is 0 Å². The van der Waals surface area contributed by atoms with Crippen LogP contribution < -0.4 is 0 Å². The van der Waals surface area contributed by atoms with Gasteiger partial charge in [0.1, 0.15) is 0 Å². The number of rotatable bonds is 2. The minimum absolute atomic E-state index is 1.00. The second-order valence-corrected chi connectivity index (χ2v) is 6.55. The molecule has 0 fully saturated rings. The van der Waals surface area contributed by atoms with Crippen LogP contribution in [0.25, 0.3) is 21.7 Å². The molecular formula is C16H12BrNS. The van der Waals surface area contributed by atoms with E-state index in [2.05, 4.69) is 64.2 Å². The highest BCUT2D eigenvalue weighted by atomic mass is 79.9. The van der Waals surface area contributed by atoms with Gasteiger partial charge in [-0.1, -0.05) is 28.1 Å². The number of benzene rings is 1. The van der Waals surface area contributed by atoms with Gasteiger partial charge in [-0.25, -0.2) is 0 Å². The van der Waals surface area contributed by atoms with E-state index >= 15 is 0 Å². The lowest BCUT2D eigenvalue weighted by Crippen LogP contribution is -1.84. The number of halogens is 1. The third-order valence-corrected chi connectivity index (χ3v) is 4.45.